The second kappa shape index (κ2) is 14.5. The minimum atomic E-state index is 0.377. The zero-order valence-electron chi connectivity index (χ0n) is 12.4. The minimum absolute atomic E-state index is 0.377. The molecule has 0 aromatic rings. The predicted molar refractivity (Wildman–Crippen MR) is 81.0 cm³/mol. The van der Waals surface area contributed by atoms with Gasteiger partial charge in [0, 0.05) is 12.5 Å². The highest BCUT2D eigenvalue weighted by Crippen LogP contribution is 2.11. The zero-order chi connectivity index (χ0) is 13.5. The van der Waals surface area contributed by atoms with E-state index in [9.17, 15) is 0 Å². The number of unbranched alkanes of at least 4 members (excludes halogenated alkanes) is 8. The summed E-state index contributed by atoms with van der Waals surface area (Å²) in [5.74, 6) is 11.5. The average molecular weight is 252 g/mol. The SMILES string of the molecule is CC#CCC(CCCCCCCCCCC)NN. The van der Waals surface area contributed by atoms with Crippen molar-refractivity contribution in [2.45, 2.75) is 90.5 Å². The first-order valence-corrected chi connectivity index (χ1v) is 7.70. The fourth-order valence-electron chi connectivity index (χ4n) is 2.17. The Morgan fingerprint density at radius 2 is 1.50 bits per heavy atom. The van der Waals surface area contributed by atoms with E-state index in [0.717, 1.165) is 12.8 Å². The van der Waals surface area contributed by atoms with Crippen LogP contribution in [0.1, 0.15) is 84.5 Å². The molecule has 0 aliphatic rings. The minimum Gasteiger partial charge on any atom is -0.271 e. The Balaban J connectivity index is 3.24. The van der Waals surface area contributed by atoms with Crippen LogP contribution in [0, 0.1) is 11.8 Å². The molecule has 106 valence electrons. The number of hydrogen-bond acceptors (Lipinski definition) is 2. The van der Waals surface area contributed by atoms with Crippen LogP contribution >= 0.6 is 0 Å². The van der Waals surface area contributed by atoms with E-state index in [-0.39, 0.29) is 0 Å². The number of hydrazine groups is 1. The lowest BCUT2D eigenvalue weighted by Gasteiger charge is -2.12. The summed E-state index contributed by atoms with van der Waals surface area (Å²) < 4.78 is 0. The average Bonchev–Trinajstić information content (AvgIpc) is 2.40. The van der Waals surface area contributed by atoms with Gasteiger partial charge in [-0.2, -0.15) is 0 Å². The summed E-state index contributed by atoms with van der Waals surface area (Å²) in [6.07, 6.45) is 14.4. The van der Waals surface area contributed by atoms with Crippen molar-refractivity contribution in [1.29, 1.82) is 0 Å². The third kappa shape index (κ3) is 12.0. The summed E-state index contributed by atoms with van der Waals surface area (Å²) in [5.41, 5.74) is 2.86. The third-order valence-corrected chi connectivity index (χ3v) is 3.42. The largest absolute Gasteiger partial charge is 0.271 e. The van der Waals surface area contributed by atoms with E-state index in [4.69, 9.17) is 5.84 Å². The first-order chi connectivity index (χ1) is 8.85. The van der Waals surface area contributed by atoms with E-state index >= 15 is 0 Å². The lowest BCUT2D eigenvalue weighted by atomic mass is 10.0. The van der Waals surface area contributed by atoms with Crippen molar-refractivity contribution in [3.05, 3.63) is 0 Å². The van der Waals surface area contributed by atoms with E-state index in [1.54, 1.807) is 0 Å². The highest BCUT2D eigenvalue weighted by atomic mass is 15.2. The van der Waals surface area contributed by atoms with Crippen LogP contribution in [0.4, 0.5) is 0 Å². The van der Waals surface area contributed by atoms with E-state index in [2.05, 4.69) is 24.2 Å². The molecule has 0 rings (SSSR count). The van der Waals surface area contributed by atoms with Crippen molar-refractivity contribution in [3.8, 4) is 11.8 Å². The van der Waals surface area contributed by atoms with Gasteiger partial charge in [0.05, 0.1) is 0 Å². The molecule has 2 heteroatoms. The molecular formula is C16H32N2. The van der Waals surface area contributed by atoms with Crippen LogP contribution in [0.25, 0.3) is 0 Å². The van der Waals surface area contributed by atoms with Crippen molar-refractivity contribution in [2.75, 3.05) is 0 Å². The maximum atomic E-state index is 5.50. The maximum absolute atomic E-state index is 5.50. The van der Waals surface area contributed by atoms with Gasteiger partial charge in [-0.3, -0.25) is 11.3 Å². The molecule has 1 unspecified atom stereocenters. The molecule has 0 bridgehead atoms. The Bertz CT molecular complexity index is 215. The summed E-state index contributed by atoms with van der Waals surface area (Å²) in [6, 6.07) is 0.377. The molecule has 18 heavy (non-hydrogen) atoms. The van der Waals surface area contributed by atoms with Crippen molar-refractivity contribution < 1.29 is 0 Å². The monoisotopic (exact) mass is 252 g/mol. The van der Waals surface area contributed by atoms with Gasteiger partial charge >= 0.3 is 0 Å². The molecule has 0 saturated heterocycles. The Labute approximate surface area is 114 Å². The Hall–Kier alpha value is -0.520. The summed E-state index contributed by atoms with van der Waals surface area (Å²) in [6.45, 7) is 4.15. The molecule has 0 radical (unpaired) electrons. The van der Waals surface area contributed by atoms with Gasteiger partial charge in [0.1, 0.15) is 0 Å². The highest BCUT2D eigenvalue weighted by Gasteiger charge is 2.03. The molecule has 3 N–H and O–H groups in total. The second-order valence-electron chi connectivity index (χ2n) is 5.11. The van der Waals surface area contributed by atoms with Crippen molar-refractivity contribution >= 4 is 0 Å². The Morgan fingerprint density at radius 3 is 2.00 bits per heavy atom. The van der Waals surface area contributed by atoms with E-state index < -0.39 is 0 Å². The molecule has 0 aromatic heterocycles. The van der Waals surface area contributed by atoms with E-state index in [0.29, 0.717) is 6.04 Å². The van der Waals surface area contributed by atoms with Crippen LogP contribution in [-0.2, 0) is 0 Å². The number of hydrogen-bond donors (Lipinski definition) is 2. The molecule has 0 saturated carbocycles. The van der Waals surface area contributed by atoms with E-state index in [1.807, 2.05) is 6.92 Å². The quantitative estimate of drug-likeness (QED) is 0.237. The molecule has 0 aliphatic heterocycles. The molecule has 0 fully saturated rings. The molecular weight excluding hydrogens is 220 g/mol. The Kier molecular flexibility index (Phi) is 14.1. The van der Waals surface area contributed by atoms with Gasteiger partial charge in [-0.15, -0.1) is 11.8 Å². The number of rotatable bonds is 12. The number of nitrogens with one attached hydrogen (secondary N) is 1. The molecule has 1 atom stereocenters. The normalized spacial score (nSPS) is 11.9. The molecule has 0 amide bonds. The summed E-state index contributed by atoms with van der Waals surface area (Å²) in [5, 5.41) is 0. The fraction of sp³-hybridized carbons (Fsp3) is 0.875. The maximum Gasteiger partial charge on any atom is 0.0319 e. The summed E-state index contributed by atoms with van der Waals surface area (Å²) in [7, 11) is 0. The first-order valence-electron chi connectivity index (χ1n) is 7.70. The molecule has 0 aromatic carbocycles. The van der Waals surface area contributed by atoms with E-state index in [1.165, 1.54) is 57.8 Å². The molecule has 2 nitrogen and oxygen atoms in total. The predicted octanol–water partition coefficient (Wildman–Crippen LogP) is 4.15. The first kappa shape index (κ1) is 17.5. The lowest BCUT2D eigenvalue weighted by molar-refractivity contribution is 0.467. The van der Waals surface area contributed by atoms with Crippen LogP contribution in [0.3, 0.4) is 0 Å². The summed E-state index contributed by atoms with van der Waals surface area (Å²) >= 11 is 0. The van der Waals surface area contributed by atoms with Crippen molar-refractivity contribution in [2.24, 2.45) is 5.84 Å². The Morgan fingerprint density at radius 1 is 0.944 bits per heavy atom. The van der Waals surface area contributed by atoms with Crippen LogP contribution in [0.2, 0.25) is 0 Å². The third-order valence-electron chi connectivity index (χ3n) is 3.42. The lowest BCUT2D eigenvalue weighted by Crippen LogP contribution is -2.34. The van der Waals surface area contributed by atoms with Crippen LogP contribution in [0.15, 0.2) is 0 Å². The molecule has 0 spiro atoms. The fourth-order valence-corrected chi connectivity index (χ4v) is 2.17. The molecule has 0 aliphatic carbocycles. The topological polar surface area (TPSA) is 38.0 Å². The highest BCUT2D eigenvalue weighted by molar-refractivity contribution is 4.97. The smallest absolute Gasteiger partial charge is 0.0319 e. The second-order valence-corrected chi connectivity index (χ2v) is 5.11. The molecule has 0 heterocycles. The van der Waals surface area contributed by atoms with Crippen molar-refractivity contribution in [3.63, 3.8) is 0 Å². The van der Waals surface area contributed by atoms with Gasteiger partial charge < -0.3 is 0 Å². The van der Waals surface area contributed by atoms with Crippen LogP contribution in [-0.4, -0.2) is 6.04 Å². The summed E-state index contributed by atoms with van der Waals surface area (Å²) in [4.78, 5) is 0. The standard InChI is InChI=1S/C16H32N2/c1-3-5-7-8-9-10-11-12-13-15-16(18-17)14-6-4-2/h16,18H,3,5,7-15,17H2,1-2H3. The zero-order valence-corrected chi connectivity index (χ0v) is 12.4. The van der Waals surface area contributed by atoms with Gasteiger partial charge in [0.25, 0.3) is 0 Å². The number of nitrogens with two attached hydrogens (primary N) is 1. The van der Waals surface area contributed by atoms with Gasteiger partial charge in [-0.05, 0) is 13.3 Å². The van der Waals surface area contributed by atoms with Gasteiger partial charge in [0.2, 0.25) is 0 Å². The van der Waals surface area contributed by atoms with Gasteiger partial charge in [0.15, 0.2) is 0 Å². The van der Waals surface area contributed by atoms with Crippen molar-refractivity contribution in [1.82, 2.24) is 5.43 Å². The van der Waals surface area contributed by atoms with Crippen LogP contribution < -0.4 is 11.3 Å². The van der Waals surface area contributed by atoms with Crippen LogP contribution in [0.5, 0.6) is 0 Å². The van der Waals surface area contributed by atoms with Gasteiger partial charge in [-0.1, -0.05) is 64.7 Å². The van der Waals surface area contributed by atoms with Gasteiger partial charge in [-0.25, -0.2) is 0 Å².